The minimum Gasteiger partial charge on any atom is -0.441 e. The maximum atomic E-state index is 12.5. The zero-order valence-electron chi connectivity index (χ0n) is 16.1. The first-order valence-electron chi connectivity index (χ1n) is 9.31. The van der Waals surface area contributed by atoms with Crippen molar-refractivity contribution in [3.63, 3.8) is 0 Å². The summed E-state index contributed by atoms with van der Waals surface area (Å²) in [5.41, 5.74) is 2.31. The Morgan fingerprint density at radius 1 is 1.13 bits per heavy atom. The number of nitrogens with zero attached hydrogens (tertiary/aromatic N) is 3. The van der Waals surface area contributed by atoms with Crippen molar-refractivity contribution in [2.45, 2.75) is 19.8 Å². The first kappa shape index (κ1) is 20.2. The molecule has 1 N–H and O–H groups in total. The number of oxazole rings is 1. The third-order valence-electron chi connectivity index (χ3n) is 4.41. The number of carbonyl (C=O) groups excluding carboxylic acids is 1. The summed E-state index contributed by atoms with van der Waals surface area (Å²) in [4.78, 5) is 16.8. The molecule has 8 heteroatoms. The summed E-state index contributed by atoms with van der Waals surface area (Å²) in [6.45, 7) is 1.86. The largest absolute Gasteiger partial charge is 0.441 e. The lowest BCUT2D eigenvalue weighted by molar-refractivity contribution is -0.116. The second-order valence-corrected chi connectivity index (χ2v) is 7.55. The fourth-order valence-corrected chi connectivity index (χ4v) is 3.44. The number of nitrogens with one attached hydrogen (secondary N) is 1. The first-order valence-corrected chi connectivity index (χ1v) is 10.1. The summed E-state index contributed by atoms with van der Waals surface area (Å²) in [5, 5.41) is 8.51. The second kappa shape index (κ2) is 8.73. The van der Waals surface area contributed by atoms with Crippen molar-refractivity contribution in [3.05, 3.63) is 82.4 Å². The van der Waals surface area contributed by atoms with E-state index in [0.29, 0.717) is 33.9 Å². The van der Waals surface area contributed by atoms with E-state index in [4.69, 9.17) is 27.6 Å². The molecule has 0 saturated carbocycles. The van der Waals surface area contributed by atoms with Gasteiger partial charge in [-0.2, -0.15) is 5.10 Å². The molecular formula is C22H18Cl2N4O2. The Hall–Kier alpha value is -3.09. The molecule has 0 atom stereocenters. The number of rotatable bonds is 6. The molecule has 0 aliphatic carbocycles. The van der Waals surface area contributed by atoms with Crippen LogP contribution in [0.3, 0.4) is 0 Å². The van der Waals surface area contributed by atoms with Crippen LogP contribution in [0.4, 0.5) is 5.82 Å². The fourth-order valence-electron chi connectivity index (χ4n) is 3.03. The third-order valence-corrected chi connectivity index (χ3v) is 4.98. The Kier molecular flexibility index (Phi) is 5.88. The van der Waals surface area contributed by atoms with Crippen LogP contribution in [-0.2, 0) is 11.2 Å². The highest BCUT2D eigenvalue weighted by molar-refractivity contribution is 6.33. The van der Waals surface area contributed by atoms with Crippen LogP contribution in [0, 0.1) is 6.92 Å². The molecule has 1 amide bonds. The molecule has 2 aromatic heterocycles. The number of anilines is 1. The zero-order chi connectivity index (χ0) is 21.1. The molecule has 30 heavy (non-hydrogen) atoms. The Morgan fingerprint density at radius 2 is 1.97 bits per heavy atom. The Morgan fingerprint density at radius 3 is 2.77 bits per heavy atom. The van der Waals surface area contributed by atoms with E-state index in [1.165, 1.54) is 0 Å². The fraction of sp³-hybridized carbons (Fsp3) is 0.136. The number of aryl methyl sites for hydroxylation is 2. The summed E-state index contributed by atoms with van der Waals surface area (Å²) in [6.07, 6.45) is 2.19. The summed E-state index contributed by atoms with van der Waals surface area (Å²) in [6, 6.07) is 16.5. The van der Waals surface area contributed by atoms with Crippen molar-refractivity contribution in [3.8, 4) is 17.0 Å². The predicted molar refractivity (Wildman–Crippen MR) is 117 cm³/mol. The normalized spacial score (nSPS) is 10.9. The molecule has 4 aromatic rings. The molecule has 152 valence electrons. The van der Waals surface area contributed by atoms with Crippen LogP contribution in [0.2, 0.25) is 10.0 Å². The van der Waals surface area contributed by atoms with E-state index in [-0.39, 0.29) is 12.3 Å². The van der Waals surface area contributed by atoms with Gasteiger partial charge in [0.1, 0.15) is 5.82 Å². The highest BCUT2D eigenvalue weighted by atomic mass is 35.5. The van der Waals surface area contributed by atoms with E-state index in [1.54, 1.807) is 35.1 Å². The minimum absolute atomic E-state index is 0.171. The van der Waals surface area contributed by atoms with E-state index in [2.05, 4.69) is 15.4 Å². The van der Waals surface area contributed by atoms with Crippen molar-refractivity contribution in [1.82, 2.24) is 14.8 Å². The monoisotopic (exact) mass is 440 g/mol. The van der Waals surface area contributed by atoms with Gasteiger partial charge >= 0.3 is 0 Å². The van der Waals surface area contributed by atoms with E-state index >= 15 is 0 Å². The van der Waals surface area contributed by atoms with E-state index in [0.717, 1.165) is 16.9 Å². The van der Waals surface area contributed by atoms with Gasteiger partial charge < -0.3 is 9.73 Å². The van der Waals surface area contributed by atoms with Crippen molar-refractivity contribution < 1.29 is 9.21 Å². The SMILES string of the molecule is Cc1cc(NC(=O)CCc2ncc(-c3ccccc3Cl)o2)n(-c2cccc(Cl)c2)n1. The smallest absolute Gasteiger partial charge is 0.226 e. The van der Waals surface area contributed by atoms with Crippen LogP contribution >= 0.6 is 23.2 Å². The number of amides is 1. The Bertz CT molecular complexity index is 1200. The number of halogens is 2. The standard InChI is InChI=1S/C22H18Cl2N4O2/c1-14-11-20(28(27-14)16-6-4-5-15(23)12-16)26-21(29)9-10-22-25-13-19(30-22)17-7-2-3-8-18(17)24/h2-8,11-13H,9-10H2,1H3,(H,26,29). The lowest BCUT2D eigenvalue weighted by atomic mass is 10.2. The number of benzene rings is 2. The van der Waals surface area contributed by atoms with Gasteiger partial charge in [-0.25, -0.2) is 9.67 Å². The van der Waals surface area contributed by atoms with Crippen LogP contribution in [-0.4, -0.2) is 20.7 Å². The van der Waals surface area contributed by atoms with Gasteiger partial charge in [0.25, 0.3) is 0 Å². The minimum atomic E-state index is -0.171. The average molecular weight is 441 g/mol. The number of hydrogen-bond acceptors (Lipinski definition) is 4. The Balaban J connectivity index is 1.42. The van der Waals surface area contributed by atoms with Gasteiger partial charge in [0.15, 0.2) is 11.7 Å². The predicted octanol–water partition coefficient (Wildman–Crippen LogP) is 5.71. The second-order valence-electron chi connectivity index (χ2n) is 6.71. The van der Waals surface area contributed by atoms with Crippen molar-refractivity contribution in [1.29, 1.82) is 0 Å². The zero-order valence-corrected chi connectivity index (χ0v) is 17.6. The van der Waals surface area contributed by atoms with Gasteiger partial charge in [0.2, 0.25) is 5.91 Å². The van der Waals surface area contributed by atoms with Crippen LogP contribution in [0.15, 0.2) is 65.2 Å². The summed E-state index contributed by atoms with van der Waals surface area (Å²) >= 11 is 12.3. The van der Waals surface area contributed by atoms with Crippen molar-refractivity contribution >= 4 is 34.9 Å². The van der Waals surface area contributed by atoms with Gasteiger partial charge in [-0.1, -0.05) is 41.4 Å². The lowest BCUT2D eigenvalue weighted by Crippen LogP contribution is -2.15. The average Bonchev–Trinajstić information content (AvgIpc) is 3.33. The highest BCUT2D eigenvalue weighted by Gasteiger charge is 2.14. The van der Waals surface area contributed by atoms with E-state index < -0.39 is 0 Å². The highest BCUT2D eigenvalue weighted by Crippen LogP contribution is 2.28. The molecule has 6 nitrogen and oxygen atoms in total. The molecule has 0 bridgehead atoms. The van der Waals surface area contributed by atoms with Gasteiger partial charge in [0.05, 0.1) is 22.6 Å². The molecule has 0 saturated heterocycles. The molecule has 0 fully saturated rings. The molecule has 0 radical (unpaired) electrons. The van der Waals surface area contributed by atoms with Crippen LogP contribution in [0.25, 0.3) is 17.0 Å². The van der Waals surface area contributed by atoms with Crippen LogP contribution in [0.5, 0.6) is 0 Å². The number of hydrogen-bond donors (Lipinski definition) is 1. The molecular weight excluding hydrogens is 423 g/mol. The molecule has 0 aliphatic heterocycles. The molecule has 2 heterocycles. The summed E-state index contributed by atoms with van der Waals surface area (Å²) in [5.74, 6) is 1.45. The van der Waals surface area contributed by atoms with Gasteiger partial charge in [-0.3, -0.25) is 4.79 Å². The summed E-state index contributed by atoms with van der Waals surface area (Å²) < 4.78 is 7.41. The van der Waals surface area contributed by atoms with Crippen molar-refractivity contribution in [2.24, 2.45) is 0 Å². The first-order chi connectivity index (χ1) is 14.5. The van der Waals surface area contributed by atoms with Gasteiger partial charge in [0, 0.05) is 29.5 Å². The van der Waals surface area contributed by atoms with Gasteiger partial charge in [-0.15, -0.1) is 0 Å². The molecule has 4 rings (SSSR count). The molecule has 2 aromatic carbocycles. The van der Waals surface area contributed by atoms with Crippen molar-refractivity contribution in [2.75, 3.05) is 5.32 Å². The van der Waals surface area contributed by atoms with Crippen LogP contribution < -0.4 is 5.32 Å². The van der Waals surface area contributed by atoms with Gasteiger partial charge in [-0.05, 0) is 37.3 Å². The number of carbonyl (C=O) groups is 1. The molecule has 0 spiro atoms. The van der Waals surface area contributed by atoms with E-state index in [9.17, 15) is 4.79 Å². The quantitative estimate of drug-likeness (QED) is 0.416. The lowest BCUT2D eigenvalue weighted by Gasteiger charge is -2.09. The van der Waals surface area contributed by atoms with Crippen LogP contribution in [0.1, 0.15) is 18.0 Å². The number of aromatic nitrogens is 3. The molecule has 0 aliphatic rings. The third kappa shape index (κ3) is 4.56. The Labute approximate surface area is 183 Å². The maximum Gasteiger partial charge on any atom is 0.226 e. The summed E-state index contributed by atoms with van der Waals surface area (Å²) in [7, 11) is 0. The maximum absolute atomic E-state index is 12.5. The van der Waals surface area contributed by atoms with E-state index in [1.807, 2.05) is 37.3 Å². The topological polar surface area (TPSA) is 73.0 Å². The molecule has 0 unspecified atom stereocenters.